The van der Waals surface area contributed by atoms with Gasteiger partial charge in [0.2, 0.25) is 0 Å². The zero-order valence-electron chi connectivity index (χ0n) is 13.3. The Kier molecular flexibility index (Phi) is 4.93. The number of ether oxygens (including phenoxy) is 1. The van der Waals surface area contributed by atoms with Gasteiger partial charge in [0, 0.05) is 13.1 Å². The molecule has 1 aromatic heterocycles. The summed E-state index contributed by atoms with van der Waals surface area (Å²) in [5.41, 5.74) is 4.67. The van der Waals surface area contributed by atoms with Crippen molar-refractivity contribution in [1.82, 2.24) is 15.3 Å². The molecule has 126 valence electrons. The van der Waals surface area contributed by atoms with Crippen LogP contribution in [0.3, 0.4) is 0 Å². The van der Waals surface area contributed by atoms with Crippen LogP contribution in [0.25, 0.3) is 0 Å². The molecule has 0 bridgehead atoms. The largest absolute Gasteiger partial charge is 0.444 e. The van der Waals surface area contributed by atoms with E-state index in [9.17, 15) is 9.59 Å². The summed E-state index contributed by atoms with van der Waals surface area (Å²) in [4.78, 5) is 32.9. The van der Waals surface area contributed by atoms with Gasteiger partial charge >= 0.3 is 6.09 Å². The van der Waals surface area contributed by atoms with E-state index in [0.29, 0.717) is 25.3 Å². The third kappa shape index (κ3) is 4.44. The molecule has 0 aliphatic carbocycles. The number of amides is 2. The number of anilines is 1. The van der Waals surface area contributed by atoms with Crippen LogP contribution in [0.1, 0.15) is 37.7 Å². The lowest BCUT2D eigenvalue weighted by atomic mass is 10.2. The average Bonchev–Trinajstić information content (AvgIpc) is 2.84. The monoisotopic (exact) mass is 341 g/mol. The van der Waals surface area contributed by atoms with Gasteiger partial charge in [0.25, 0.3) is 5.91 Å². The summed E-state index contributed by atoms with van der Waals surface area (Å²) >= 11 is 6.14. The number of hydrogen-bond donors (Lipinski definition) is 2. The molecule has 23 heavy (non-hydrogen) atoms. The number of carbonyl (C=O) groups excluding carboxylic acids is 2. The van der Waals surface area contributed by atoms with Gasteiger partial charge in [-0.05, 0) is 27.2 Å². The second-order valence-corrected chi connectivity index (χ2v) is 6.68. The summed E-state index contributed by atoms with van der Waals surface area (Å²) in [5, 5.41) is 2.93. The fraction of sp³-hybridized carbons (Fsp3) is 0.571. The lowest BCUT2D eigenvalue weighted by molar-refractivity contribution is 0.0509. The molecule has 3 N–H and O–H groups in total. The Morgan fingerprint density at radius 2 is 2.13 bits per heavy atom. The standard InChI is InChI=1S/C14H20ClN5O3/c1-14(2,3)23-13(22)19-8-4-5-20(6-8)12-9(15)10(11(16)21)17-7-18-12/h7-8H,4-6H2,1-3H3,(H2,16,21)(H,19,22)/t8-/m0/s1. The highest BCUT2D eigenvalue weighted by Crippen LogP contribution is 2.28. The average molecular weight is 342 g/mol. The van der Waals surface area contributed by atoms with Gasteiger partial charge in [0.05, 0.1) is 6.04 Å². The van der Waals surface area contributed by atoms with Crippen LogP contribution in [-0.4, -0.2) is 46.7 Å². The van der Waals surface area contributed by atoms with Gasteiger partial charge in [-0.15, -0.1) is 0 Å². The molecule has 2 heterocycles. The molecule has 0 spiro atoms. The van der Waals surface area contributed by atoms with Crippen LogP contribution in [0.15, 0.2) is 6.33 Å². The molecule has 1 fully saturated rings. The van der Waals surface area contributed by atoms with E-state index < -0.39 is 17.6 Å². The molecule has 1 aromatic rings. The van der Waals surface area contributed by atoms with Gasteiger partial charge in [-0.25, -0.2) is 14.8 Å². The summed E-state index contributed by atoms with van der Waals surface area (Å²) in [6, 6.07) is -0.0899. The molecule has 0 aromatic carbocycles. The van der Waals surface area contributed by atoms with Gasteiger partial charge in [0.15, 0.2) is 11.5 Å². The van der Waals surface area contributed by atoms with E-state index in [1.807, 2.05) is 4.90 Å². The summed E-state index contributed by atoms with van der Waals surface area (Å²) in [6.45, 7) is 6.56. The molecule has 1 saturated heterocycles. The van der Waals surface area contributed by atoms with Crippen LogP contribution in [0.5, 0.6) is 0 Å². The Hall–Kier alpha value is -2.09. The van der Waals surface area contributed by atoms with E-state index in [0.717, 1.165) is 0 Å². The maximum atomic E-state index is 11.8. The van der Waals surface area contributed by atoms with Gasteiger partial charge in [0.1, 0.15) is 17.0 Å². The predicted molar refractivity (Wildman–Crippen MR) is 85.5 cm³/mol. The molecule has 2 amide bonds. The van der Waals surface area contributed by atoms with E-state index in [1.165, 1.54) is 6.33 Å². The number of nitrogens with one attached hydrogen (secondary N) is 1. The summed E-state index contributed by atoms with van der Waals surface area (Å²) < 4.78 is 5.23. The number of primary amides is 1. The predicted octanol–water partition coefficient (Wildman–Crippen LogP) is 1.33. The van der Waals surface area contributed by atoms with Crippen LogP contribution >= 0.6 is 11.6 Å². The minimum absolute atomic E-state index is 0.0137. The number of hydrogen-bond acceptors (Lipinski definition) is 6. The van der Waals surface area contributed by atoms with Crippen molar-refractivity contribution in [3.05, 3.63) is 17.0 Å². The number of halogens is 1. The molecular weight excluding hydrogens is 322 g/mol. The molecule has 9 heteroatoms. The van der Waals surface area contributed by atoms with Crippen molar-refractivity contribution in [2.75, 3.05) is 18.0 Å². The molecule has 1 atom stereocenters. The van der Waals surface area contributed by atoms with Crippen molar-refractivity contribution in [3.8, 4) is 0 Å². The first-order valence-corrected chi connectivity index (χ1v) is 7.60. The number of rotatable bonds is 3. The van der Waals surface area contributed by atoms with Gasteiger partial charge < -0.3 is 20.7 Å². The topological polar surface area (TPSA) is 110 Å². The third-order valence-electron chi connectivity index (χ3n) is 3.21. The number of carbonyl (C=O) groups is 2. The summed E-state index contributed by atoms with van der Waals surface area (Å²) in [7, 11) is 0. The molecule has 8 nitrogen and oxygen atoms in total. The molecule has 0 saturated carbocycles. The van der Waals surface area contributed by atoms with Crippen molar-refractivity contribution in [3.63, 3.8) is 0 Å². The lowest BCUT2D eigenvalue weighted by Gasteiger charge is -2.22. The second-order valence-electron chi connectivity index (χ2n) is 6.30. The van der Waals surface area contributed by atoms with Crippen LogP contribution in [-0.2, 0) is 4.74 Å². The Morgan fingerprint density at radius 3 is 2.74 bits per heavy atom. The minimum Gasteiger partial charge on any atom is -0.444 e. The van der Waals surface area contributed by atoms with Crippen molar-refractivity contribution < 1.29 is 14.3 Å². The van der Waals surface area contributed by atoms with Crippen LogP contribution in [0.2, 0.25) is 5.02 Å². The van der Waals surface area contributed by atoms with Crippen molar-refractivity contribution >= 4 is 29.4 Å². The van der Waals surface area contributed by atoms with Gasteiger partial charge in [-0.3, -0.25) is 4.79 Å². The summed E-state index contributed by atoms with van der Waals surface area (Å²) in [6.07, 6.45) is 1.50. The van der Waals surface area contributed by atoms with E-state index in [4.69, 9.17) is 22.1 Å². The van der Waals surface area contributed by atoms with E-state index in [-0.39, 0.29) is 16.8 Å². The lowest BCUT2D eigenvalue weighted by Crippen LogP contribution is -2.40. The SMILES string of the molecule is CC(C)(C)OC(=O)N[C@H]1CCN(c2ncnc(C(N)=O)c2Cl)C1. The zero-order valence-corrected chi connectivity index (χ0v) is 14.1. The number of alkyl carbamates (subject to hydrolysis) is 1. The Balaban J connectivity index is 2.02. The molecular formula is C14H20ClN5O3. The van der Waals surface area contributed by atoms with Crippen molar-refractivity contribution in [2.24, 2.45) is 5.73 Å². The fourth-order valence-electron chi connectivity index (χ4n) is 2.30. The summed E-state index contributed by atoms with van der Waals surface area (Å²) in [5.74, 6) is -0.273. The normalized spacial score (nSPS) is 17.9. The Morgan fingerprint density at radius 1 is 1.43 bits per heavy atom. The first-order valence-electron chi connectivity index (χ1n) is 7.22. The van der Waals surface area contributed by atoms with Crippen molar-refractivity contribution in [1.29, 1.82) is 0 Å². The molecule has 2 rings (SSSR count). The number of aromatic nitrogens is 2. The fourth-order valence-corrected chi connectivity index (χ4v) is 2.61. The number of nitrogens with two attached hydrogens (primary N) is 1. The highest BCUT2D eigenvalue weighted by atomic mass is 35.5. The van der Waals surface area contributed by atoms with E-state index in [1.54, 1.807) is 20.8 Å². The first-order chi connectivity index (χ1) is 10.7. The molecule has 1 aliphatic heterocycles. The van der Waals surface area contributed by atoms with Crippen LogP contribution < -0.4 is 16.0 Å². The highest BCUT2D eigenvalue weighted by molar-refractivity contribution is 6.35. The van der Waals surface area contributed by atoms with E-state index >= 15 is 0 Å². The highest BCUT2D eigenvalue weighted by Gasteiger charge is 2.29. The number of nitrogens with zero attached hydrogens (tertiary/aromatic N) is 3. The molecule has 1 aliphatic rings. The Bertz CT molecular complexity index is 617. The smallest absolute Gasteiger partial charge is 0.407 e. The molecule has 0 unspecified atom stereocenters. The quantitative estimate of drug-likeness (QED) is 0.858. The minimum atomic E-state index is -0.707. The maximum absolute atomic E-state index is 11.8. The second kappa shape index (κ2) is 6.57. The van der Waals surface area contributed by atoms with E-state index in [2.05, 4.69) is 15.3 Å². The van der Waals surface area contributed by atoms with Gasteiger partial charge in [-0.1, -0.05) is 11.6 Å². The van der Waals surface area contributed by atoms with Crippen LogP contribution in [0.4, 0.5) is 10.6 Å². The van der Waals surface area contributed by atoms with Crippen LogP contribution in [0, 0.1) is 0 Å². The van der Waals surface area contributed by atoms with Gasteiger partial charge in [-0.2, -0.15) is 0 Å². The Labute approximate surface area is 139 Å². The zero-order chi connectivity index (χ0) is 17.2. The third-order valence-corrected chi connectivity index (χ3v) is 3.56. The maximum Gasteiger partial charge on any atom is 0.407 e. The molecule has 0 radical (unpaired) electrons. The van der Waals surface area contributed by atoms with Crippen molar-refractivity contribution in [2.45, 2.75) is 38.8 Å². The first kappa shape index (κ1) is 17.3.